The second-order valence-corrected chi connectivity index (χ2v) is 35.7. The van der Waals surface area contributed by atoms with E-state index in [0.717, 1.165) is 31.4 Å². The highest BCUT2D eigenvalue weighted by Gasteiger charge is 2.71. The van der Waals surface area contributed by atoms with E-state index in [1.165, 1.54) is 46.9 Å². The van der Waals surface area contributed by atoms with Gasteiger partial charge >= 0.3 is 66.5 Å². The number of methoxy groups -OCH3 is 1. The zero-order chi connectivity index (χ0) is 81.0. The number of hydrogen-bond donors (Lipinski definition) is 0. The highest BCUT2D eigenvalue weighted by molar-refractivity contribution is 7.86. The van der Waals surface area contributed by atoms with Gasteiger partial charge in [0.15, 0.2) is 0 Å². The van der Waals surface area contributed by atoms with Crippen LogP contribution in [-0.2, 0) is 102 Å². The Morgan fingerprint density at radius 2 is 0.757 bits per heavy atom. The fraction of sp³-hybridized carbons (Fsp3) is 0.734. The quantitative estimate of drug-likeness (QED) is 0.0345. The molecule has 0 amide bonds. The first-order chi connectivity index (χ1) is 48.4. The van der Waals surface area contributed by atoms with Gasteiger partial charge in [-0.15, -0.1) is 0 Å². The van der Waals surface area contributed by atoms with E-state index in [0.29, 0.717) is 57.1 Å². The summed E-state index contributed by atoms with van der Waals surface area (Å²) >= 11 is 0. The maximum Gasteiger partial charge on any atom is 0.426 e. The average molecular weight is 1630 g/mol. The van der Waals surface area contributed by atoms with Crippen molar-refractivity contribution in [2.45, 2.75) is 203 Å². The Kier molecular flexibility index (Phi) is 25.5. The Hall–Kier alpha value is -6.41. The van der Waals surface area contributed by atoms with E-state index in [4.69, 9.17) is 18.9 Å². The predicted molar refractivity (Wildman–Crippen MR) is 332 cm³/mol. The molecular formula is C64H76F12O27S4-4. The summed E-state index contributed by atoms with van der Waals surface area (Å²) in [7, 11) is -19.7. The first kappa shape index (κ1) is 87.8. The summed E-state index contributed by atoms with van der Waals surface area (Å²) in [5.41, 5.74) is -7.36. The van der Waals surface area contributed by atoms with Gasteiger partial charge in [-0.1, -0.05) is 13.2 Å². The third-order valence-electron chi connectivity index (χ3n) is 21.1. The summed E-state index contributed by atoms with van der Waals surface area (Å²) in [6, 6.07) is 4.90. The van der Waals surface area contributed by atoms with Gasteiger partial charge in [-0.3, -0.25) is 19.2 Å². The number of carbonyl (C=O) groups excluding carboxylic acids is 7. The van der Waals surface area contributed by atoms with Gasteiger partial charge in [0.25, 0.3) is 0 Å². The number of esters is 7. The van der Waals surface area contributed by atoms with E-state index >= 15 is 0 Å². The summed E-state index contributed by atoms with van der Waals surface area (Å²) in [6.07, 6.45) is -25.5. The first-order valence-electron chi connectivity index (χ1n) is 32.9. The molecule has 0 aliphatic heterocycles. The Bertz CT molecular complexity index is 4020. The van der Waals surface area contributed by atoms with Crippen LogP contribution in [0.4, 0.5) is 52.7 Å². The summed E-state index contributed by atoms with van der Waals surface area (Å²) in [6.45, 7) is 12.7. The predicted octanol–water partition coefficient (Wildman–Crippen LogP) is 8.41. The number of benzene rings is 1. The Morgan fingerprint density at radius 3 is 1.07 bits per heavy atom. The number of rotatable bonds is 22. The van der Waals surface area contributed by atoms with Gasteiger partial charge in [-0.25, -0.2) is 48.1 Å². The van der Waals surface area contributed by atoms with Crippen LogP contribution in [0.15, 0.2) is 48.6 Å². The largest absolute Gasteiger partial charge is 0.748 e. The van der Waals surface area contributed by atoms with Gasteiger partial charge in [0, 0.05) is 36.8 Å². The molecule has 0 N–H and O–H groups in total. The van der Waals surface area contributed by atoms with Crippen molar-refractivity contribution in [3.05, 3.63) is 54.1 Å². The van der Waals surface area contributed by atoms with Crippen LogP contribution in [0.25, 0.3) is 0 Å². The van der Waals surface area contributed by atoms with Crippen LogP contribution in [0.3, 0.4) is 0 Å². The summed E-state index contributed by atoms with van der Waals surface area (Å²) in [5, 5.41) is 0. The minimum Gasteiger partial charge on any atom is -0.748 e. The average Bonchev–Trinajstić information content (AvgIpc) is 0.699. The number of alkyl halides is 12. The molecule has 27 nitrogen and oxygen atoms in total. The SMILES string of the molecule is C=C(C)C(=O)OC1(C)C2CC3CC(C2)CC1(C(=O)OC(CS(=O)(=O)[O-])C(F)(F)F)C3.C=C(C)C(=O)OC12CC3CC(C1)CC(C(=O)OC(CS(=O)(=O)[O-])C(F)(F)F)(C3)C2.CC(=O)OC12CC3CC(C1)CC(C(=O)OC(CS(=O)(=O)[O-])C(F)(F)F)(C3)C2.COc1ccc(C(=O)OC(CS(=O)(=O)[O-])C(F)(F)F)cc1. The fourth-order valence-electron chi connectivity index (χ4n) is 17.9. The van der Waals surface area contributed by atoms with Crippen molar-refractivity contribution in [2.24, 2.45) is 57.7 Å². The van der Waals surface area contributed by atoms with Gasteiger partial charge < -0.3 is 56.1 Å². The number of hydrogen-bond acceptors (Lipinski definition) is 27. The van der Waals surface area contributed by atoms with Gasteiger partial charge in [0.1, 0.15) is 28.0 Å². The second-order valence-electron chi connectivity index (χ2n) is 29.9. The molecule has 12 aliphatic rings. The molecule has 0 spiro atoms. The molecule has 12 aliphatic carbocycles. The highest BCUT2D eigenvalue weighted by atomic mass is 32.2. The third kappa shape index (κ3) is 22.0. The molecule has 1 aromatic rings. The highest BCUT2D eigenvalue weighted by Crippen LogP contribution is 2.68. The van der Waals surface area contributed by atoms with Crippen molar-refractivity contribution in [3.8, 4) is 5.75 Å². The molecule has 11 atom stereocenters. The van der Waals surface area contributed by atoms with E-state index in [1.54, 1.807) is 0 Å². The van der Waals surface area contributed by atoms with E-state index in [9.17, 15) is 138 Å². The third-order valence-corrected chi connectivity index (χ3v) is 23.9. The lowest BCUT2D eigenvalue weighted by atomic mass is 9.43. The molecule has 12 fully saturated rings. The molecule has 0 heterocycles. The molecule has 606 valence electrons. The molecule has 1 aromatic carbocycles. The molecular weight excluding hydrogens is 1560 g/mol. The summed E-state index contributed by atoms with van der Waals surface area (Å²) in [5.74, 6) is -14.2. The second kappa shape index (κ2) is 31.0. The molecule has 12 saturated carbocycles. The molecule has 107 heavy (non-hydrogen) atoms. The Labute approximate surface area is 606 Å². The van der Waals surface area contributed by atoms with Gasteiger partial charge in [0.2, 0.25) is 24.4 Å². The lowest BCUT2D eigenvalue weighted by Gasteiger charge is -2.63. The normalized spacial score (nSPS) is 31.4. The van der Waals surface area contributed by atoms with Gasteiger partial charge in [0.05, 0.1) is 87.0 Å². The van der Waals surface area contributed by atoms with Gasteiger partial charge in [-0.2, -0.15) is 52.7 Å². The number of halogens is 12. The van der Waals surface area contributed by atoms with Crippen molar-refractivity contribution < 1.29 is 176 Å². The standard InChI is InChI=1S/C19H25F3O7S.C18H23F3O7S.C16H21F3O7S.C11H11F3O6S/c1-10(2)15(23)29-17(3)13-5-11-4-12(6-13)8-18(17,7-11)16(24)28-14(19(20,21)22)9-30(25,26)27;1-10(2)14(22)28-17-6-11-3-12(7-17)5-16(4-11,9-17)15(23)27-13(18(19,20)21)8-29(24,25)26;1-9(20)26-15-5-10-2-11(6-15)4-14(3-10,8-15)13(21)25-12(16(17,18)19)7-27(22,23)24;1-19-8-4-2-7(3-5-8)10(15)20-9(11(12,13)14)6-21(16,17)18/h11-14H,1,4-9H2,2-3H3,(H,25,26,27);11-13H,1,3-9H2,2H3,(H,24,25,26);10-12H,2-8H2,1H3,(H,22,23,24);2-5,9H,6H2,1H3,(H,16,17,18)/p-4. The zero-order valence-electron chi connectivity index (χ0n) is 57.6. The topological polar surface area (TPSA) is 422 Å². The molecule has 12 bridgehead atoms. The summed E-state index contributed by atoms with van der Waals surface area (Å²) < 4.78 is 325. The molecule has 0 saturated heterocycles. The number of carbonyl (C=O) groups is 7. The van der Waals surface area contributed by atoms with Crippen molar-refractivity contribution in [2.75, 3.05) is 30.1 Å². The zero-order valence-corrected chi connectivity index (χ0v) is 60.9. The van der Waals surface area contributed by atoms with Crippen molar-refractivity contribution in [1.29, 1.82) is 0 Å². The maximum absolute atomic E-state index is 13.3. The molecule has 0 aromatic heterocycles. The molecule has 13 rings (SSSR count). The lowest BCUT2D eigenvalue weighted by Crippen LogP contribution is -2.68. The van der Waals surface area contributed by atoms with Crippen LogP contribution in [0, 0.1) is 57.7 Å². The van der Waals surface area contributed by atoms with Crippen LogP contribution >= 0.6 is 0 Å². The lowest BCUT2D eigenvalue weighted by molar-refractivity contribution is -0.259. The smallest absolute Gasteiger partial charge is 0.426 e. The minimum atomic E-state index is -5.31. The van der Waals surface area contributed by atoms with Gasteiger partial charge in [-0.05, 0) is 177 Å². The van der Waals surface area contributed by atoms with Crippen LogP contribution in [0.1, 0.15) is 147 Å². The molecule has 43 heteroatoms. The van der Waals surface area contributed by atoms with E-state index in [1.807, 2.05) is 0 Å². The minimum absolute atomic E-state index is 0.0134. The Balaban J connectivity index is 0.000000201. The van der Waals surface area contributed by atoms with E-state index in [2.05, 4.69) is 32.1 Å². The molecule has 11 unspecified atom stereocenters. The van der Waals surface area contributed by atoms with Crippen LogP contribution in [0.5, 0.6) is 5.75 Å². The van der Waals surface area contributed by atoms with E-state index in [-0.39, 0.29) is 96.7 Å². The van der Waals surface area contributed by atoms with Crippen molar-refractivity contribution >= 4 is 82.3 Å². The Morgan fingerprint density at radius 1 is 0.449 bits per heavy atom. The number of ether oxygens (including phenoxy) is 8. The van der Waals surface area contributed by atoms with E-state index < -0.39 is 187 Å². The first-order valence-corrected chi connectivity index (χ1v) is 39.2. The van der Waals surface area contributed by atoms with Crippen LogP contribution in [-0.4, -0.2) is 190 Å². The maximum atomic E-state index is 13.3. The monoisotopic (exact) mass is 1630 g/mol. The molecule has 0 radical (unpaired) electrons. The van der Waals surface area contributed by atoms with Crippen molar-refractivity contribution in [1.82, 2.24) is 0 Å². The van der Waals surface area contributed by atoms with Crippen LogP contribution in [0.2, 0.25) is 0 Å². The van der Waals surface area contributed by atoms with Crippen molar-refractivity contribution in [3.63, 3.8) is 0 Å². The van der Waals surface area contributed by atoms with Crippen LogP contribution < -0.4 is 4.74 Å². The summed E-state index contributed by atoms with van der Waals surface area (Å²) in [4.78, 5) is 86.1. The fourth-order valence-corrected chi connectivity index (χ4v) is 20.4.